The SMILES string of the molecule is COC(=O)CC1Nc2ccc(Br)cc2N(C)c2ccccc21. The molecule has 1 aliphatic rings. The molecule has 0 saturated carbocycles. The average Bonchev–Trinajstić information content (AvgIpc) is 2.64. The first-order chi connectivity index (χ1) is 10.6. The van der Waals surface area contributed by atoms with Gasteiger partial charge in [-0.2, -0.15) is 0 Å². The molecule has 22 heavy (non-hydrogen) atoms. The monoisotopic (exact) mass is 360 g/mol. The smallest absolute Gasteiger partial charge is 0.307 e. The Morgan fingerprint density at radius 3 is 2.82 bits per heavy atom. The number of anilines is 3. The Hall–Kier alpha value is -2.01. The molecule has 0 fully saturated rings. The Morgan fingerprint density at radius 1 is 1.27 bits per heavy atom. The second-order valence-electron chi connectivity index (χ2n) is 5.26. The molecule has 114 valence electrons. The van der Waals surface area contributed by atoms with Crippen molar-refractivity contribution >= 4 is 39.0 Å². The fourth-order valence-corrected chi connectivity index (χ4v) is 3.15. The van der Waals surface area contributed by atoms with E-state index in [1.165, 1.54) is 7.11 Å². The highest BCUT2D eigenvalue weighted by atomic mass is 79.9. The number of carbonyl (C=O) groups excluding carboxylic acids is 1. The van der Waals surface area contributed by atoms with E-state index in [2.05, 4.69) is 38.3 Å². The van der Waals surface area contributed by atoms with Gasteiger partial charge in [0.2, 0.25) is 0 Å². The van der Waals surface area contributed by atoms with Crippen molar-refractivity contribution in [2.75, 3.05) is 24.4 Å². The molecule has 0 bridgehead atoms. The van der Waals surface area contributed by atoms with Gasteiger partial charge in [0.25, 0.3) is 0 Å². The molecule has 1 atom stereocenters. The summed E-state index contributed by atoms with van der Waals surface area (Å²) < 4.78 is 5.86. The molecule has 0 saturated heterocycles. The third kappa shape index (κ3) is 2.68. The molecule has 1 heterocycles. The first-order valence-electron chi connectivity index (χ1n) is 7.05. The molecule has 2 aromatic rings. The van der Waals surface area contributed by atoms with Gasteiger partial charge in [-0.3, -0.25) is 4.79 Å². The van der Waals surface area contributed by atoms with E-state index in [0.29, 0.717) is 0 Å². The van der Waals surface area contributed by atoms with E-state index in [9.17, 15) is 4.79 Å². The summed E-state index contributed by atoms with van der Waals surface area (Å²) in [6.07, 6.45) is 0.289. The van der Waals surface area contributed by atoms with E-state index < -0.39 is 0 Å². The minimum atomic E-state index is -0.226. The molecular weight excluding hydrogens is 344 g/mol. The molecule has 2 aromatic carbocycles. The Morgan fingerprint density at radius 2 is 2.05 bits per heavy atom. The van der Waals surface area contributed by atoms with Crippen molar-refractivity contribution in [1.82, 2.24) is 0 Å². The van der Waals surface area contributed by atoms with Crippen LogP contribution < -0.4 is 10.2 Å². The van der Waals surface area contributed by atoms with Crippen molar-refractivity contribution in [2.45, 2.75) is 12.5 Å². The summed E-state index contributed by atoms with van der Waals surface area (Å²) in [5.74, 6) is -0.226. The standard InChI is InChI=1S/C17H17BrN2O2/c1-20-15-6-4-3-5-12(15)14(10-17(21)22-2)19-13-8-7-11(18)9-16(13)20/h3-9,14,19H,10H2,1-2H3. The molecule has 1 aliphatic heterocycles. The van der Waals surface area contributed by atoms with E-state index in [1.54, 1.807) is 0 Å². The molecular formula is C17H17BrN2O2. The van der Waals surface area contributed by atoms with Crippen molar-refractivity contribution in [3.63, 3.8) is 0 Å². The molecule has 0 amide bonds. The van der Waals surface area contributed by atoms with Crippen molar-refractivity contribution in [2.24, 2.45) is 0 Å². The topological polar surface area (TPSA) is 41.6 Å². The number of hydrogen-bond acceptors (Lipinski definition) is 4. The summed E-state index contributed by atoms with van der Waals surface area (Å²) in [6, 6.07) is 14.1. The summed E-state index contributed by atoms with van der Waals surface area (Å²) in [5.41, 5.74) is 4.23. The molecule has 0 radical (unpaired) electrons. The Kier molecular flexibility index (Phi) is 4.07. The second-order valence-corrected chi connectivity index (χ2v) is 6.17. The number of ether oxygens (including phenoxy) is 1. The predicted octanol–water partition coefficient (Wildman–Crippen LogP) is 4.25. The van der Waals surface area contributed by atoms with Gasteiger partial charge in [0.05, 0.1) is 30.9 Å². The lowest BCUT2D eigenvalue weighted by Gasteiger charge is -2.21. The summed E-state index contributed by atoms with van der Waals surface area (Å²) in [6.45, 7) is 0. The largest absolute Gasteiger partial charge is 0.469 e. The molecule has 0 spiro atoms. The highest BCUT2D eigenvalue weighted by molar-refractivity contribution is 9.10. The van der Waals surface area contributed by atoms with Gasteiger partial charge in [-0.05, 0) is 29.8 Å². The number of nitrogens with one attached hydrogen (secondary N) is 1. The lowest BCUT2D eigenvalue weighted by atomic mass is 10.0. The number of carbonyl (C=O) groups is 1. The van der Waals surface area contributed by atoms with Crippen LogP contribution in [-0.2, 0) is 9.53 Å². The van der Waals surface area contributed by atoms with Crippen LogP contribution in [0, 0.1) is 0 Å². The van der Waals surface area contributed by atoms with E-state index in [-0.39, 0.29) is 18.4 Å². The van der Waals surface area contributed by atoms with Gasteiger partial charge in [0, 0.05) is 17.2 Å². The third-order valence-electron chi connectivity index (χ3n) is 3.92. The number of nitrogens with zero attached hydrogens (tertiary/aromatic N) is 1. The highest BCUT2D eigenvalue weighted by Crippen LogP contribution is 2.42. The van der Waals surface area contributed by atoms with E-state index in [1.807, 2.05) is 37.4 Å². The molecule has 1 N–H and O–H groups in total. The summed E-state index contributed by atoms with van der Waals surface area (Å²) in [4.78, 5) is 13.9. The first-order valence-corrected chi connectivity index (χ1v) is 7.85. The average molecular weight is 361 g/mol. The number of esters is 1. The van der Waals surface area contributed by atoms with Crippen LogP contribution in [0.25, 0.3) is 0 Å². The normalized spacial score (nSPS) is 16.1. The van der Waals surface area contributed by atoms with Crippen LogP contribution in [0.1, 0.15) is 18.0 Å². The summed E-state index contributed by atoms with van der Waals surface area (Å²) in [7, 11) is 3.45. The van der Waals surface area contributed by atoms with Crippen molar-refractivity contribution in [1.29, 1.82) is 0 Å². The predicted molar refractivity (Wildman–Crippen MR) is 91.6 cm³/mol. The maximum absolute atomic E-state index is 11.8. The zero-order chi connectivity index (χ0) is 15.7. The lowest BCUT2D eigenvalue weighted by Crippen LogP contribution is -2.16. The van der Waals surface area contributed by atoms with Crippen LogP contribution >= 0.6 is 15.9 Å². The fourth-order valence-electron chi connectivity index (χ4n) is 2.80. The van der Waals surface area contributed by atoms with Crippen LogP contribution in [0.5, 0.6) is 0 Å². The van der Waals surface area contributed by atoms with Gasteiger partial charge in [-0.25, -0.2) is 0 Å². The van der Waals surface area contributed by atoms with Gasteiger partial charge in [0.1, 0.15) is 0 Å². The minimum absolute atomic E-state index is 0.117. The molecule has 0 aliphatic carbocycles. The molecule has 3 rings (SSSR count). The van der Waals surface area contributed by atoms with Crippen molar-refractivity contribution < 1.29 is 9.53 Å². The highest BCUT2D eigenvalue weighted by Gasteiger charge is 2.26. The fraction of sp³-hybridized carbons (Fsp3) is 0.235. The van der Waals surface area contributed by atoms with Gasteiger partial charge in [0.15, 0.2) is 0 Å². The van der Waals surface area contributed by atoms with Gasteiger partial charge >= 0.3 is 5.97 Å². The quantitative estimate of drug-likeness (QED) is 0.813. The molecule has 4 nitrogen and oxygen atoms in total. The molecule has 1 unspecified atom stereocenters. The van der Waals surface area contributed by atoms with E-state index in [0.717, 1.165) is 27.1 Å². The van der Waals surface area contributed by atoms with Crippen LogP contribution in [0.4, 0.5) is 17.1 Å². The van der Waals surface area contributed by atoms with Crippen LogP contribution in [-0.4, -0.2) is 20.1 Å². The maximum Gasteiger partial charge on any atom is 0.307 e. The lowest BCUT2D eigenvalue weighted by molar-refractivity contribution is -0.140. The third-order valence-corrected chi connectivity index (χ3v) is 4.42. The number of fused-ring (bicyclic) bond motifs is 2. The Labute approximate surface area is 138 Å². The van der Waals surface area contributed by atoms with Crippen LogP contribution in [0.3, 0.4) is 0 Å². The number of hydrogen-bond donors (Lipinski definition) is 1. The van der Waals surface area contributed by atoms with Gasteiger partial charge in [-0.15, -0.1) is 0 Å². The van der Waals surface area contributed by atoms with Crippen molar-refractivity contribution in [3.05, 3.63) is 52.5 Å². The number of rotatable bonds is 2. The van der Waals surface area contributed by atoms with Gasteiger partial charge < -0.3 is 15.0 Å². The molecule has 0 aromatic heterocycles. The Balaban J connectivity index is 2.12. The van der Waals surface area contributed by atoms with Crippen LogP contribution in [0.2, 0.25) is 0 Å². The van der Waals surface area contributed by atoms with E-state index >= 15 is 0 Å². The number of para-hydroxylation sites is 1. The maximum atomic E-state index is 11.8. The first kappa shape index (κ1) is 14.9. The summed E-state index contributed by atoms with van der Waals surface area (Å²) >= 11 is 3.52. The molecule has 5 heteroatoms. The minimum Gasteiger partial charge on any atom is -0.469 e. The van der Waals surface area contributed by atoms with E-state index in [4.69, 9.17) is 4.74 Å². The zero-order valence-corrected chi connectivity index (χ0v) is 14.1. The second kappa shape index (κ2) is 6.01. The number of halogens is 1. The zero-order valence-electron chi connectivity index (χ0n) is 12.5. The Bertz CT molecular complexity index is 718. The van der Waals surface area contributed by atoms with Crippen LogP contribution in [0.15, 0.2) is 46.9 Å². The number of benzene rings is 2. The number of methoxy groups -OCH3 is 1. The van der Waals surface area contributed by atoms with Crippen molar-refractivity contribution in [3.8, 4) is 0 Å². The summed E-state index contributed by atoms with van der Waals surface area (Å²) in [5, 5.41) is 3.48. The van der Waals surface area contributed by atoms with Gasteiger partial charge in [-0.1, -0.05) is 34.1 Å².